The molecule has 0 radical (unpaired) electrons. The zero-order valence-corrected chi connectivity index (χ0v) is 9.69. The molecule has 2 aromatic rings. The predicted molar refractivity (Wildman–Crippen MR) is 66.1 cm³/mol. The van der Waals surface area contributed by atoms with Gasteiger partial charge in [0.1, 0.15) is 19.0 Å². The molecule has 1 N–H and O–H groups in total. The Bertz CT molecular complexity index is 509. The molecule has 0 bridgehead atoms. The number of ether oxygens (including phenoxy) is 1. The molecular formula is C14H15FO2. The van der Waals surface area contributed by atoms with Gasteiger partial charge < -0.3 is 9.84 Å². The Morgan fingerprint density at radius 3 is 2.71 bits per heavy atom. The number of benzene rings is 2. The highest BCUT2D eigenvalue weighted by molar-refractivity contribution is 5.89. The average Bonchev–Trinajstić information content (AvgIpc) is 2.35. The molecule has 2 rings (SSSR count). The standard InChI is InChI=1S/C14H15FO2/c1-10(16)12-7-6-11-4-2-3-5-13(11)14(12)17-9-8-15/h2-7,10,16H,8-9H2,1H3. The number of aliphatic hydroxyl groups is 1. The van der Waals surface area contributed by atoms with Crippen molar-refractivity contribution in [3.05, 3.63) is 42.0 Å². The molecule has 90 valence electrons. The SMILES string of the molecule is CC(O)c1ccc2ccccc2c1OCCF. The summed E-state index contributed by atoms with van der Waals surface area (Å²) in [5.41, 5.74) is 0.692. The number of hydrogen-bond donors (Lipinski definition) is 1. The molecule has 0 aromatic heterocycles. The summed E-state index contributed by atoms with van der Waals surface area (Å²) < 4.78 is 17.7. The van der Waals surface area contributed by atoms with Crippen LogP contribution in [-0.4, -0.2) is 18.4 Å². The molecule has 0 fully saturated rings. The summed E-state index contributed by atoms with van der Waals surface area (Å²) in [6.45, 7) is 1.14. The van der Waals surface area contributed by atoms with Crippen LogP contribution in [0.25, 0.3) is 10.8 Å². The molecule has 0 heterocycles. The third kappa shape index (κ3) is 2.39. The van der Waals surface area contributed by atoms with E-state index in [9.17, 15) is 9.50 Å². The van der Waals surface area contributed by atoms with Crippen LogP contribution in [0.5, 0.6) is 5.75 Å². The van der Waals surface area contributed by atoms with Gasteiger partial charge in [-0.3, -0.25) is 0 Å². The molecule has 0 aliphatic rings. The highest BCUT2D eigenvalue weighted by atomic mass is 19.1. The maximum Gasteiger partial charge on any atom is 0.133 e. The maximum atomic E-state index is 12.2. The fraction of sp³-hybridized carbons (Fsp3) is 0.286. The van der Waals surface area contributed by atoms with Gasteiger partial charge in [0.25, 0.3) is 0 Å². The lowest BCUT2D eigenvalue weighted by molar-refractivity contribution is 0.190. The van der Waals surface area contributed by atoms with Gasteiger partial charge in [0, 0.05) is 10.9 Å². The van der Waals surface area contributed by atoms with E-state index in [1.165, 1.54) is 0 Å². The van der Waals surface area contributed by atoms with Gasteiger partial charge in [-0.2, -0.15) is 0 Å². The maximum absolute atomic E-state index is 12.2. The van der Waals surface area contributed by atoms with Crippen molar-refractivity contribution in [2.45, 2.75) is 13.0 Å². The van der Waals surface area contributed by atoms with E-state index in [-0.39, 0.29) is 6.61 Å². The van der Waals surface area contributed by atoms with Crippen molar-refractivity contribution in [1.82, 2.24) is 0 Å². The van der Waals surface area contributed by atoms with Gasteiger partial charge in [-0.1, -0.05) is 36.4 Å². The second-order valence-corrected chi connectivity index (χ2v) is 3.92. The summed E-state index contributed by atoms with van der Waals surface area (Å²) in [5.74, 6) is 0.579. The highest BCUT2D eigenvalue weighted by Gasteiger charge is 2.12. The van der Waals surface area contributed by atoms with E-state index in [2.05, 4.69) is 0 Å². The number of aliphatic hydroxyl groups excluding tert-OH is 1. The Labute approximate surface area is 99.6 Å². The van der Waals surface area contributed by atoms with E-state index in [1.807, 2.05) is 36.4 Å². The number of alkyl halides is 1. The normalized spacial score (nSPS) is 12.6. The van der Waals surface area contributed by atoms with Crippen LogP contribution >= 0.6 is 0 Å². The molecule has 0 aliphatic carbocycles. The van der Waals surface area contributed by atoms with E-state index in [4.69, 9.17) is 4.74 Å². The number of hydrogen-bond acceptors (Lipinski definition) is 2. The van der Waals surface area contributed by atoms with Crippen LogP contribution in [0.4, 0.5) is 4.39 Å². The van der Waals surface area contributed by atoms with Crippen LogP contribution in [-0.2, 0) is 0 Å². The third-order valence-electron chi connectivity index (χ3n) is 2.68. The van der Waals surface area contributed by atoms with Crippen molar-refractivity contribution in [3.8, 4) is 5.75 Å². The van der Waals surface area contributed by atoms with Crippen molar-refractivity contribution in [1.29, 1.82) is 0 Å². The molecule has 0 saturated carbocycles. The van der Waals surface area contributed by atoms with E-state index in [0.717, 1.165) is 10.8 Å². The van der Waals surface area contributed by atoms with Gasteiger partial charge in [0.2, 0.25) is 0 Å². The predicted octanol–water partition coefficient (Wildman–Crippen LogP) is 3.24. The Morgan fingerprint density at radius 2 is 2.00 bits per heavy atom. The average molecular weight is 234 g/mol. The van der Waals surface area contributed by atoms with Crippen LogP contribution in [0.15, 0.2) is 36.4 Å². The fourth-order valence-corrected chi connectivity index (χ4v) is 1.89. The number of rotatable bonds is 4. The summed E-state index contributed by atoms with van der Waals surface area (Å²) in [4.78, 5) is 0. The van der Waals surface area contributed by atoms with Gasteiger partial charge in [0.15, 0.2) is 0 Å². The molecule has 0 saturated heterocycles. The summed E-state index contributed by atoms with van der Waals surface area (Å²) >= 11 is 0. The lowest BCUT2D eigenvalue weighted by Crippen LogP contribution is -2.04. The first kappa shape index (κ1) is 11.9. The quantitative estimate of drug-likeness (QED) is 0.880. The first-order valence-electron chi connectivity index (χ1n) is 5.62. The summed E-state index contributed by atoms with van der Waals surface area (Å²) in [5, 5.41) is 11.6. The Kier molecular flexibility index (Phi) is 3.59. The number of halogens is 1. The molecule has 1 atom stereocenters. The molecule has 1 unspecified atom stereocenters. The highest BCUT2D eigenvalue weighted by Crippen LogP contribution is 2.33. The van der Waals surface area contributed by atoms with Gasteiger partial charge in [-0.15, -0.1) is 0 Å². The molecular weight excluding hydrogens is 219 g/mol. The zero-order valence-electron chi connectivity index (χ0n) is 9.69. The molecule has 17 heavy (non-hydrogen) atoms. The summed E-state index contributed by atoms with van der Waals surface area (Å²) in [7, 11) is 0. The van der Waals surface area contributed by atoms with Gasteiger partial charge >= 0.3 is 0 Å². The topological polar surface area (TPSA) is 29.5 Å². The second kappa shape index (κ2) is 5.15. The van der Waals surface area contributed by atoms with Crippen LogP contribution in [0.2, 0.25) is 0 Å². The Morgan fingerprint density at radius 1 is 1.24 bits per heavy atom. The molecule has 3 heteroatoms. The zero-order chi connectivity index (χ0) is 12.3. The van der Waals surface area contributed by atoms with Crippen molar-refractivity contribution < 1.29 is 14.2 Å². The van der Waals surface area contributed by atoms with Crippen LogP contribution < -0.4 is 4.74 Å². The first-order valence-corrected chi connectivity index (χ1v) is 5.62. The lowest BCUT2D eigenvalue weighted by atomic mass is 10.0. The molecule has 2 aromatic carbocycles. The fourth-order valence-electron chi connectivity index (χ4n) is 1.89. The first-order chi connectivity index (χ1) is 8.24. The van der Waals surface area contributed by atoms with E-state index in [0.29, 0.717) is 11.3 Å². The largest absolute Gasteiger partial charge is 0.490 e. The Balaban J connectivity index is 2.57. The minimum atomic E-state index is -0.630. The summed E-state index contributed by atoms with van der Waals surface area (Å²) in [6.07, 6.45) is -0.630. The van der Waals surface area contributed by atoms with Crippen molar-refractivity contribution in [2.24, 2.45) is 0 Å². The van der Waals surface area contributed by atoms with E-state index in [1.54, 1.807) is 6.92 Å². The minimum absolute atomic E-state index is 0.00767. The van der Waals surface area contributed by atoms with Crippen molar-refractivity contribution in [2.75, 3.05) is 13.3 Å². The van der Waals surface area contributed by atoms with Gasteiger partial charge in [-0.05, 0) is 12.3 Å². The van der Waals surface area contributed by atoms with Crippen molar-refractivity contribution >= 4 is 10.8 Å². The third-order valence-corrected chi connectivity index (χ3v) is 2.68. The van der Waals surface area contributed by atoms with E-state index >= 15 is 0 Å². The van der Waals surface area contributed by atoms with Crippen LogP contribution in [0.3, 0.4) is 0 Å². The lowest BCUT2D eigenvalue weighted by Gasteiger charge is -2.15. The minimum Gasteiger partial charge on any atom is -0.490 e. The van der Waals surface area contributed by atoms with Gasteiger partial charge in [-0.25, -0.2) is 4.39 Å². The Hall–Kier alpha value is -1.61. The van der Waals surface area contributed by atoms with Crippen molar-refractivity contribution in [3.63, 3.8) is 0 Å². The van der Waals surface area contributed by atoms with E-state index < -0.39 is 12.8 Å². The molecule has 0 amide bonds. The monoisotopic (exact) mass is 234 g/mol. The number of fused-ring (bicyclic) bond motifs is 1. The molecule has 0 spiro atoms. The summed E-state index contributed by atoms with van der Waals surface area (Å²) in [6, 6.07) is 11.5. The second-order valence-electron chi connectivity index (χ2n) is 3.92. The molecule has 2 nitrogen and oxygen atoms in total. The van der Waals surface area contributed by atoms with Crippen LogP contribution in [0, 0.1) is 0 Å². The van der Waals surface area contributed by atoms with Gasteiger partial charge in [0.05, 0.1) is 6.10 Å². The van der Waals surface area contributed by atoms with Crippen LogP contribution in [0.1, 0.15) is 18.6 Å². The molecule has 0 aliphatic heterocycles. The smallest absolute Gasteiger partial charge is 0.133 e.